The Bertz CT molecular complexity index is 571. The van der Waals surface area contributed by atoms with Crippen molar-refractivity contribution >= 4 is 17.6 Å². The van der Waals surface area contributed by atoms with Gasteiger partial charge in [-0.25, -0.2) is 0 Å². The Morgan fingerprint density at radius 3 is 2.88 bits per heavy atom. The largest absolute Gasteiger partial charge is 0.433 e. The number of carbonyl (C=O) groups is 1. The lowest BCUT2D eigenvalue weighted by Crippen LogP contribution is -2.11. The van der Waals surface area contributed by atoms with Gasteiger partial charge >= 0.3 is 5.88 Å². The van der Waals surface area contributed by atoms with Crippen LogP contribution in [0.2, 0.25) is 0 Å². The number of amides is 1. The summed E-state index contributed by atoms with van der Waals surface area (Å²) < 4.78 is 4.75. The SMILES string of the molecule is Cc1cn[nH]c1NC(=O)c1ccc([N+](=O)[O-])o1. The molecule has 0 aliphatic rings. The average Bonchev–Trinajstić information content (AvgIpc) is 2.88. The molecule has 2 aromatic rings. The van der Waals surface area contributed by atoms with Crippen molar-refractivity contribution in [3.63, 3.8) is 0 Å². The lowest BCUT2D eigenvalue weighted by Gasteiger charge is -1.99. The van der Waals surface area contributed by atoms with E-state index in [-0.39, 0.29) is 5.76 Å². The zero-order valence-corrected chi connectivity index (χ0v) is 8.76. The van der Waals surface area contributed by atoms with Crippen LogP contribution in [0.5, 0.6) is 0 Å². The number of H-pyrrole nitrogens is 1. The number of rotatable bonds is 3. The summed E-state index contributed by atoms with van der Waals surface area (Å²) in [4.78, 5) is 21.3. The quantitative estimate of drug-likeness (QED) is 0.618. The number of aromatic amines is 1. The fourth-order valence-corrected chi connectivity index (χ4v) is 1.20. The Morgan fingerprint density at radius 2 is 2.35 bits per heavy atom. The number of nitro groups is 1. The van der Waals surface area contributed by atoms with E-state index in [0.29, 0.717) is 5.82 Å². The molecule has 17 heavy (non-hydrogen) atoms. The smallest absolute Gasteiger partial charge is 0.395 e. The molecule has 0 saturated heterocycles. The Labute approximate surface area is 94.8 Å². The van der Waals surface area contributed by atoms with Crippen molar-refractivity contribution in [1.82, 2.24) is 10.2 Å². The zero-order valence-electron chi connectivity index (χ0n) is 8.76. The predicted molar refractivity (Wildman–Crippen MR) is 56.6 cm³/mol. The third-order valence-corrected chi connectivity index (χ3v) is 2.06. The Kier molecular flexibility index (Phi) is 2.61. The van der Waals surface area contributed by atoms with E-state index < -0.39 is 16.7 Å². The van der Waals surface area contributed by atoms with Gasteiger partial charge in [0.05, 0.1) is 12.3 Å². The molecular weight excluding hydrogens is 228 g/mol. The summed E-state index contributed by atoms with van der Waals surface area (Å²) in [6.45, 7) is 1.75. The van der Waals surface area contributed by atoms with Gasteiger partial charge in [0.1, 0.15) is 10.7 Å². The molecule has 0 unspecified atom stereocenters. The number of nitrogens with zero attached hydrogens (tertiary/aromatic N) is 2. The first-order valence-corrected chi connectivity index (χ1v) is 4.63. The van der Waals surface area contributed by atoms with Gasteiger partial charge in [0, 0.05) is 5.56 Å². The van der Waals surface area contributed by atoms with Crippen LogP contribution < -0.4 is 5.32 Å². The molecule has 0 aliphatic carbocycles. The molecule has 1 amide bonds. The predicted octanol–water partition coefficient (Wildman–Crippen LogP) is 1.47. The minimum atomic E-state index is -0.710. The van der Waals surface area contributed by atoms with Crippen molar-refractivity contribution in [2.24, 2.45) is 0 Å². The van der Waals surface area contributed by atoms with Gasteiger partial charge < -0.3 is 9.73 Å². The van der Waals surface area contributed by atoms with E-state index in [2.05, 4.69) is 15.5 Å². The highest BCUT2D eigenvalue weighted by Crippen LogP contribution is 2.17. The van der Waals surface area contributed by atoms with Gasteiger partial charge in [0.2, 0.25) is 0 Å². The van der Waals surface area contributed by atoms with Crippen molar-refractivity contribution < 1.29 is 14.1 Å². The molecule has 0 bridgehead atoms. The van der Waals surface area contributed by atoms with Crippen molar-refractivity contribution in [1.29, 1.82) is 0 Å². The molecule has 2 aromatic heterocycles. The molecule has 0 spiro atoms. The van der Waals surface area contributed by atoms with E-state index in [4.69, 9.17) is 4.42 Å². The lowest BCUT2D eigenvalue weighted by atomic mass is 10.3. The van der Waals surface area contributed by atoms with E-state index in [0.717, 1.165) is 11.6 Å². The van der Waals surface area contributed by atoms with Gasteiger partial charge in [0.15, 0.2) is 5.76 Å². The van der Waals surface area contributed by atoms with Crippen LogP contribution in [-0.4, -0.2) is 21.0 Å². The molecule has 0 saturated carbocycles. The first kappa shape index (κ1) is 10.9. The van der Waals surface area contributed by atoms with Crippen molar-refractivity contribution in [3.8, 4) is 0 Å². The molecule has 8 heteroatoms. The van der Waals surface area contributed by atoms with Crippen LogP contribution in [0.15, 0.2) is 22.7 Å². The Morgan fingerprint density at radius 1 is 1.59 bits per heavy atom. The topological polar surface area (TPSA) is 114 Å². The maximum Gasteiger partial charge on any atom is 0.433 e. The average molecular weight is 236 g/mol. The minimum Gasteiger partial charge on any atom is -0.395 e. The Balaban J connectivity index is 2.15. The van der Waals surface area contributed by atoms with E-state index in [9.17, 15) is 14.9 Å². The van der Waals surface area contributed by atoms with Crippen LogP contribution >= 0.6 is 0 Å². The van der Waals surface area contributed by atoms with Crippen molar-refractivity contribution in [2.75, 3.05) is 5.32 Å². The van der Waals surface area contributed by atoms with Crippen LogP contribution in [0.1, 0.15) is 16.1 Å². The minimum absolute atomic E-state index is 0.134. The van der Waals surface area contributed by atoms with Gasteiger partial charge in [-0.3, -0.25) is 20.0 Å². The molecule has 0 fully saturated rings. The molecule has 2 N–H and O–H groups in total. The van der Waals surface area contributed by atoms with Crippen molar-refractivity contribution in [3.05, 3.63) is 39.8 Å². The summed E-state index contributed by atoms with van der Waals surface area (Å²) in [5, 5.41) is 19.2. The zero-order chi connectivity index (χ0) is 12.4. The molecule has 0 radical (unpaired) electrons. The van der Waals surface area contributed by atoms with Crippen LogP contribution in [0.4, 0.5) is 11.7 Å². The first-order valence-electron chi connectivity index (χ1n) is 4.63. The van der Waals surface area contributed by atoms with Gasteiger partial charge in [-0.05, 0) is 13.0 Å². The van der Waals surface area contributed by atoms with Crippen LogP contribution in [0.25, 0.3) is 0 Å². The number of hydrogen-bond acceptors (Lipinski definition) is 5. The second kappa shape index (κ2) is 4.08. The second-order valence-electron chi connectivity index (χ2n) is 3.28. The molecular formula is C9H8N4O4. The highest BCUT2D eigenvalue weighted by atomic mass is 16.6. The fraction of sp³-hybridized carbons (Fsp3) is 0.111. The number of hydrogen-bond donors (Lipinski definition) is 2. The number of anilines is 1. The van der Waals surface area contributed by atoms with E-state index in [1.807, 2.05) is 0 Å². The Hall–Kier alpha value is -2.64. The maximum atomic E-state index is 11.6. The molecule has 2 rings (SSSR count). The van der Waals surface area contributed by atoms with Gasteiger partial charge in [0.25, 0.3) is 5.91 Å². The summed E-state index contributed by atoms with van der Waals surface area (Å²) in [6.07, 6.45) is 1.54. The number of carbonyl (C=O) groups excluding carboxylic acids is 1. The fourth-order valence-electron chi connectivity index (χ4n) is 1.20. The van der Waals surface area contributed by atoms with Crippen LogP contribution in [-0.2, 0) is 0 Å². The van der Waals surface area contributed by atoms with Crippen LogP contribution in [0.3, 0.4) is 0 Å². The standard InChI is InChI=1S/C9H8N4O4/c1-5-4-10-12-8(5)11-9(14)6-2-3-7(17-6)13(15)16/h2-4H,1H3,(H2,10,11,12,14). The summed E-state index contributed by atoms with van der Waals surface area (Å²) in [7, 11) is 0. The van der Waals surface area contributed by atoms with E-state index >= 15 is 0 Å². The number of aryl methyl sites for hydroxylation is 1. The monoisotopic (exact) mass is 236 g/mol. The highest BCUT2D eigenvalue weighted by molar-refractivity contribution is 6.02. The first-order chi connectivity index (χ1) is 8.08. The molecule has 2 heterocycles. The van der Waals surface area contributed by atoms with Crippen molar-refractivity contribution in [2.45, 2.75) is 6.92 Å². The second-order valence-corrected chi connectivity index (χ2v) is 3.28. The number of aromatic nitrogens is 2. The van der Waals surface area contributed by atoms with Crippen LogP contribution in [0, 0.1) is 17.0 Å². The normalized spacial score (nSPS) is 10.2. The highest BCUT2D eigenvalue weighted by Gasteiger charge is 2.18. The molecule has 0 aromatic carbocycles. The summed E-state index contributed by atoms with van der Waals surface area (Å²) in [5.74, 6) is -0.762. The lowest BCUT2D eigenvalue weighted by molar-refractivity contribution is -0.402. The van der Waals surface area contributed by atoms with Gasteiger partial charge in [-0.15, -0.1) is 0 Å². The number of furan rings is 1. The maximum absolute atomic E-state index is 11.6. The van der Waals surface area contributed by atoms with E-state index in [1.54, 1.807) is 13.1 Å². The summed E-state index contributed by atoms with van der Waals surface area (Å²) in [6, 6.07) is 2.36. The summed E-state index contributed by atoms with van der Waals surface area (Å²) in [5.41, 5.74) is 0.749. The third kappa shape index (κ3) is 2.14. The molecule has 0 atom stereocenters. The summed E-state index contributed by atoms with van der Waals surface area (Å²) >= 11 is 0. The van der Waals surface area contributed by atoms with Gasteiger partial charge in [-0.2, -0.15) is 5.10 Å². The molecule has 8 nitrogen and oxygen atoms in total. The third-order valence-electron chi connectivity index (χ3n) is 2.06. The number of nitrogens with one attached hydrogen (secondary N) is 2. The molecule has 0 aliphatic heterocycles. The van der Waals surface area contributed by atoms with Gasteiger partial charge in [-0.1, -0.05) is 0 Å². The molecule has 88 valence electrons. The van der Waals surface area contributed by atoms with E-state index in [1.165, 1.54) is 6.07 Å².